The van der Waals surface area contributed by atoms with Crippen molar-refractivity contribution in [1.29, 1.82) is 0 Å². The average Bonchev–Trinajstić information content (AvgIpc) is 2.82. The molecule has 0 radical (unpaired) electrons. The Hall–Kier alpha value is -0.740. The van der Waals surface area contributed by atoms with Crippen molar-refractivity contribution in [3.8, 4) is 5.69 Å². The standard InChI is InChI=1S/C14H8BrCl3N2/c15-13-8(17)3-1-5-10(13)20-11-6-2-4-9(18)14(11)19-12(20)7-16/h1-6H,7H2. The van der Waals surface area contributed by atoms with Gasteiger partial charge in [-0.05, 0) is 40.2 Å². The normalized spacial score (nSPS) is 11.2. The first-order chi connectivity index (χ1) is 9.63. The smallest absolute Gasteiger partial charge is 0.129 e. The number of para-hydroxylation sites is 1. The summed E-state index contributed by atoms with van der Waals surface area (Å²) in [6, 6.07) is 11.3. The van der Waals surface area contributed by atoms with Crippen molar-refractivity contribution in [2.24, 2.45) is 0 Å². The van der Waals surface area contributed by atoms with Gasteiger partial charge in [0.15, 0.2) is 0 Å². The molecule has 0 bridgehead atoms. The van der Waals surface area contributed by atoms with E-state index in [4.69, 9.17) is 34.8 Å². The van der Waals surface area contributed by atoms with Crippen LogP contribution < -0.4 is 0 Å². The molecule has 2 aromatic carbocycles. The molecule has 0 spiro atoms. The molecular weight excluding hydrogens is 382 g/mol. The minimum atomic E-state index is 0.282. The molecule has 0 amide bonds. The van der Waals surface area contributed by atoms with Gasteiger partial charge in [-0.3, -0.25) is 4.57 Å². The third-order valence-electron chi connectivity index (χ3n) is 3.00. The van der Waals surface area contributed by atoms with Gasteiger partial charge in [0.2, 0.25) is 0 Å². The average molecular weight is 390 g/mol. The molecule has 2 nitrogen and oxygen atoms in total. The van der Waals surface area contributed by atoms with E-state index in [-0.39, 0.29) is 5.88 Å². The fourth-order valence-electron chi connectivity index (χ4n) is 2.14. The first-order valence-electron chi connectivity index (χ1n) is 5.79. The molecule has 0 saturated heterocycles. The summed E-state index contributed by atoms with van der Waals surface area (Å²) in [5, 5.41) is 1.23. The number of fused-ring (bicyclic) bond motifs is 1. The summed E-state index contributed by atoms with van der Waals surface area (Å²) in [6.45, 7) is 0. The number of imidazole rings is 1. The maximum Gasteiger partial charge on any atom is 0.129 e. The van der Waals surface area contributed by atoms with Gasteiger partial charge >= 0.3 is 0 Å². The Morgan fingerprint density at radius 1 is 1.05 bits per heavy atom. The summed E-state index contributed by atoms with van der Waals surface area (Å²) in [4.78, 5) is 4.51. The van der Waals surface area contributed by atoms with E-state index in [1.165, 1.54) is 0 Å². The van der Waals surface area contributed by atoms with Gasteiger partial charge in [0.25, 0.3) is 0 Å². The second-order valence-corrected chi connectivity index (χ2v) is 6.05. The van der Waals surface area contributed by atoms with Crippen LogP contribution in [0, 0.1) is 0 Å². The zero-order chi connectivity index (χ0) is 14.3. The maximum atomic E-state index is 6.20. The Balaban J connectivity index is 2.41. The summed E-state index contributed by atoms with van der Waals surface area (Å²) in [6.07, 6.45) is 0. The summed E-state index contributed by atoms with van der Waals surface area (Å²) >= 11 is 21.9. The molecule has 0 saturated carbocycles. The first kappa shape index (κ1) is 14.2. The Morgan fingerprint density at radius 3 is 2.50 bits per heavy atom. The molecule has 0 aliphatic heterocycles. The molecule has 0 N–H and O–H groups in total. The number of halogens is 4. The summed E-state index contributed by atoms with van der Waals surface area (Å²) in [5.74, 6) is 1.00. The quantitative estimate of drug-likeness (QED) is 0.503. The van der Waals surface area contributed by atoms with E-state index in [0.717, 1.165) is 27.0 Å². The Kier molecular flexibility index (Phi) is 3.95. The van der Waals surface area contributed by atoms with Crippen LogP contribution in [-0.4, -0.2) is 9.55 Å². The third kappa shape index (κ3) is 2.23. The highest BCUT2D eigenvalue weighted by molar-refractivity contribution is 9.10. The fraction of sp³-hybridized carbons (Fsp3) is 0.0714. The highest BCUT2D eigenvalue weighted by Crippen LogP contribution is 2.34. The second-order valence-electron chi connectivity index (χ2n) is 4.18. The van der Waals surface area contributed by atoms with Crippen LogP contribution >= 0.6 is 50.7 Å². The third-order valence-corrected chi connectivity index (χ3v) is 4.92. The molecule has 0 unspecified atom stereocenters. The van der Waals surface area contributed by atoms with Crippen molar-refractivity contribution in [3.63, 3.8) is 0 Å². The number of nitrogens with zero attached hydrogens (tertiary/aromatic N) is 2. The topological polar surface area (TPSA) is 17.8 Å². The van der Waals surface area contributed by atoms with Gasteiger partial charge in [-0.15, -0.1) is 11.6 Å². The molecule has 1 heterocycles. The highest BCUT2D eigenvalue weighted by atomic mass is 79.9. The number of hydrogen-bond acceptors (Lipinski definition) is 1. The Labute approximate surface area is 139 Å². The minimum absolute atomic E-state index is 0.282. The van der Waals surface area contributed by atoms with Gasteiger partial charge in [-0.25, -0.2) is 4.98 Å². The summed E-state index contributed by atoms with van der Waals surface area (Å²) < 4.78 is 2.76. The van der Waals surface area contributed by atoms with Gasteiger partial charge in [-0.2, -0.15) is 0 Å². The van der Waals surface area contributed by atoms with E-state index in [9.17, 15) is 0 Å². The number of rotatable bonds is 2. The minimum Gasteiger partial charge on any atom is -0.294 e. The van der Waals surface area contributed by atoms with Gasteiger partial charge in [-0.1, -0.05) is 35.3 Å². The number of aromatic nitrogens is 2. The molecule has 20 heavy (non-hydrogen) atoms. The molecular formula is C14H8BrCl3N2. The molecule has 0 aliphatic rings. The molecule has 3 aromatic rings. The van der Waals surface area contributed by atoms with E-state index in [1.807, 2.05) is 41.0 Å². The first-order valence-corrected chi connectivity index (χ1v) is 7.88. The lowest BCUT2D eigenvalue weighted by Gasteiger charge is -2.11. The summed E-state index contributed by atoms with van der Waals surface area (Å²) in [7, 11) is 0. The van der Waals surface area contributed by atoms with E-state index in [0.29, 0.717) is 10.0 Å². The second kappa shape index (κ2) is 5.57. The highest BCUT2D eigenvalue weighted by Gasteiger charge is 2.16. The molecule has 0 aliphatic carbocycles. The van der Waals surface area contributed by atoms with E-state index in [2.05, 4.69) is 20.9 Å². The van der Waals surface area contributed by atoms with Crippen LogP contribution in [0.25, 0.3) is 16.7 Å². The van der Waals surface area contributed by atoms with E-state index >= 15 is 0 Å². The SMILES string of the molecule is ClCc1nc2c(Cl)cccc2n1-c1cccc(Cl)c1Br. The predicted molar refractivity (Wildman–Crippen MR) is 88.3 cm³/mol. The van der Waals surface area contributed by atoms with Crippen molar-refractivity contribution in [1.82, 2.24) is 9.55 Å². The van der Waals surface area contributed by atoms with Crippen molar-refractivity contribution in [3.05, 3.63) is 56.7 Å². The van der Waals surface area contributed by atoms with Crippen LogP contribution in [0.1, 0.15) is 5.82 Å². The van der Waals surface area contributed by atoms with Crippen LogP contribution in [0.3, 0.4) is 0 Å². The molecule has 6 heteroatoms. The maximum absolute atomic E-state index is 6.20. The number of alkyl halides is 1. The lowest BCUT2D eigenvalue weighted by atomic mass is 10.2. The van der Waals surface area contributed by atoms with Crippen LogP contribution in [0.4, 0.5) is 0 Å². The van der Waals surface area contributed by atoms with Gasteiger partial charge in [0.05, 0.1) is 31.6 Å². The lowest BCUT2D eigenvalue weighted by Crippen LogP contribution is -2.00. The fourth-order valence-corrected chi connectivity index (χ4v) is 3.14. The van der Waals surface area contributed by atoms with Gasteiger partial charge in [0, 0.05) is 0 Å². The molecule has 102 valence electrons. The van der Waals surface area contributed by atoms with Crippen molar-refractivity contribution in [2.45, 2.75) is 5.88 Å². The number of hydrogen-bond donors (Lipinski definition) is 0. The van der Waals surface area contributed by atoms with Gasteiger partial charge < -0.3 is 0 Å². The van der Waals surface area contributed by atoms with Crippen molar-refractivity contribution in [2.75, 3.05) is 0 Å². The largest absolute Gasteiger partial charge is 0.294 e. The Bertz CT molecular complexity index is 798. The predicted octanol–water partition coefficient (Wildman–Crippen LogP) is 5.83. The van der Waals surface area contributed by atoms with Crippen LogP contribution in [-0.2, 0) is 5.88 Å². The zero-order valence-corrected chi connectivity index (χ0v) is 13.9. The molecule has 1 aromatic heterocycles. The van der Waals surface area contributed by atoms with E-state index < -0.39 is 0 Å². The van der Waals surface area contributed by atoms with Crippen molar-refractivity contribution < 1.29 is 0 Å². The van der Waals surface area contributed by atoms with Crippen LogP contribution in [0.15, 0.2) is 40.9 Å². The molecule has 0 fully saturated rings. The monoisotopic (exact) mass is 388 g/mol. The van der Waals surface area contributed by atoms with E-state index in [1.54, 1.807) is 0 Å². The van der Waals surface area contributed by atoms with Crippen LogP contribution in [0.5, 0.6) is 0 Å². The molecule has 3 rings (SSSR count). The van der Waals surface area contributed by atoms with Crippen LogP contribution in [0.2, 0.25) is 10.0 Å². The zero-order valence-electron chi connectivity index (χ0n) is 10.1. The molecule has 0 atom stereocenters. The lowest BCUT2D eigenvalue weighted by molar-refractivity contribution is 0.977. The number of benzene rings is 2. The van der Waals surface area contributed by atoms with Gasteiger partial charge in [0.1, 0.15) is 11.3 Å². The Morgan fingerprint density at radius 2 is 1.75 bits per heavy atom. The summed E-state index contributed by atoms with van der Waals surface area (Å²) in [5.41, 5.74) is 2.52. The van der Waals surface area contributed by atoms with Crippen molar-refractivity contribution >= 4 is 61.8 Å².